The number of hydrogen-bond acceptors (Lipinski definition) is 4. The predicted molar refractivity (Wildman–Crippen MR) is 75.7 cm³/mol. The van der Waals surface area contributed by atoms with Crippen molar-refractivity contribution in [2.24, 2.45) is 11.8 Å². The second-order valence-electron chi connectivity index (χ2n) is 5.61. The van der Waals surface area contributed by atoms with Crippen molar-refractivity contribution in [2.45, 2.75) is 39.7 Å². The summed E-state index contributed by atoms with van der Waals surface area (Å²) in [6.07, 6.45) is 2.23. The van der Waals surface area contributed by atoms with Crippen LogP contribution in [0, 0.1) is 12.8 Å². The summed E-state index contributed by atoms with van der Waals surface area (Å²) in [7, 11) is 0. The van der Waals surface area contributed by atoms with Gasteiger partial charge in [-0.3, -0.25) is 4.79 Å². The number of aromatic nitrogens is 1. The molecule has 0 saturated heterocycles. The first kappa shape index (κ1) is 13.8. The Bertz CT molecular complexity index is 469. The monoisotopic (exact) mass is 262 g/mol. The van der Waals surface area contributed by atoms with Crippen molar-refractivity contribution in [3.05, 3.63) is 23.4 Å². The Balaban J connectivity index is 2.23. The number of pyridine rings is 1. The topological polar surface area (TPSA) is 71.2 Å². The van der Waals surface area contributed by atoms with Gasteiger partial charge in [-0.25, -0.2) is 10.8 Å². The number of nitrogens with zero attached hydrogens (tertiary/aromatic N) is 2. The van der Waals surface area contributed by atoms with Gasteiger partial charge >= 0.3 is 0 Å². The van der Waals surface area contributed by atoms with E-state index in [1.165, 1.54) is 0 Å². The van der Waals surface area contributed by atoms with Crippen molar-refractivity contribution in [1.29, 1.82) is 0 Å². The zero-order valence-electron chi connectivity index (χ0n) is 11.8. The lowest BCUT2D eigenvalue weighted by Gasteiger charge is -2.24. The molecule has 104 valence electrons. The van der Waals surface area contributed by atoms with E-state index in [9.17, 15) is 4.79 Å². The molecule has 1 aliphatic carbocycles. The summed E-state index contributed by atoms with van der Waals surface area (Å²) in [5, 5.41) is 0. The molecule has 1 heterocycles. The van der Waals surface area contributed by atoms with Gasteiger partial charge in [0, 0.05) is 23.8 Å². The number of hydrogen-bond donors (Lipinski definition) is 2. The van der Waals surface area contributed by atoms with E-state index in [4.69, 9.17) is 5.84 Å². The normalized spacial score (nSPS) is 14.6. The van der Waals surface area contributed by atoms with Gasteiger partial charge in [0.25, 0.3) is 5.91 Å². The summed E-state index contributed by atoms with van der Waals surface area (Å²) in [4.78, 5) is 18.8. The van der Waals surface area contributed by atoms with Gasteiger partial charge in [0.05, 0.1) is 0 Å². The van der Waals surface area contributed by atoms with E-state index in [1.807, 2.05) is 17.9 Å². The Morgan fingerprint density at radius 1 is 1.53 bits per heavy atom. The molecule has 1 aliphatic rings. The van der Waals surface area contributed by atoms with Crippen molar-refractivity contribution < 1.29 is 4.79 Å². The maximum atomic E-state index is 12.6. The van der Waals surface area contributed by atoms with Crippen LogP contribution in [0.3, 0.4) is 0 Å². The summed E-state index contributed by atoms with van der Waals surface area (Å²) < 4.78 is 0. The average molecular weight is 262 g/mol. The lowest BCUT2D eigenvalue weighted by atomic mass is 10.1. The fourth-order valence-electron chi connectivity index (χ4n) is 2.21. The highest BCUT2D eigenvalue weighted by molar-refractivity contribution is 5.95. The number of aryl methyl sites for hydroxylation is 1. The molecule has 1 aromatic heterocycles. The van der Waals surface area contributed by atoms with Gasteiger partial charge < -0.3 is 10.3 Å². The molecule has 1 saturated carbocycles. The molecular weight excluding hydrogens is 240 g/mol. The van der Waals surface area contributed by atoms with Crippen molar-refractivity contribution in [3.63, 3.8) is 0 Å². The molecule has 0 bridgehead atoms. The molecule has 0 aliphatic heterocycles. The van der Waals surface area contributed by atoms with Crippen LogP contribution in [0.25, 0.3) is 0 Å². The highest BCUT2D eigenvalue weighted by Crippen LogP contribution is 2.29. The summed E-state index contributed by atoms with van der Waals surface area (Å²) in [6, 6.07) is 3.95. The van der Waals surface area contributed by atoms with Crippen LogP contribution in [0.5, 0.6) is 0 Å². The fraction of sp³-hybridized carbons (Fsp3) is 0.571. The van der Waals surface area contributed by atoms with Gasteiger partial charge in [0.2, 0.25) is 0 Å². The van der Waals surface area contributed by atoms with Gasteiger partial charge in [-0.15, -0.1) is 0 Å². The fourth-order valence-corrected chi connectivity index (χ4v) is 2.21. The highest BCUT2D eigenvalue weighted by atomic mass is 16.2. The molecule has 0 spiro atoms. The quantitative estimate of drug-likeness (QED) is 0.628. The molecule has 0 aromatic carbocycles. The third-order valence-corrected chi connectivity index (χ3v) is 3.16. The summed E-state index contributed by atoms with van der Waals surface area (Å²) in [5.41, 5.74) is 3.96. The third kappa shape index (κ3) is 3.44. The van der Waals surface area contributed by atoms with Gasteiger partial charge in [0.1, 0.15) is 5.82 Å². The number of amides is 1. The molecule has 1 fully saturated rings. The van der Waals surface area contributed by atoms with Crippen LogP contribution in [0.2, 0.25) is 0 Å². The minimum atomic E-state index is 0.0817. The van der Waals surface area contributed by atoms with E-state index < -0.39 is 0 Å². The van der Waals surface area contributed by atoms with E-state index in [0.29, 0.717) is 23.3 Å². The first-order chi connectivity index (χ1) is 9.01. The Hall–Kier alpha value is -1.62. The van der Waals surface area contributed by atoms with E-state index in [2.05, 4.69) is 24.3 Å². The molecule has 5 heteroatoms. The second kappa shape index (κ2) is 5.57. The van der Waals surface area contributed by atoms with Gasteiger partial charge in [0.15, 0.2) is 0 Å². The number of anilines is 1. The highest BCUT2D eigenvalue weighted by Gasteiger charge is 2.33. The molecule has 19 heavy (non-hydrogen) atoms. The standard InChI is InChI=1S/C14H22N4O/c1-9(2)8-18(12-4-5-12)14(19)11-6-10(3)16-13(7-11)17-15/h6-7,9,12H,4-5,8,15H2,1-3H3,(H,16,17). The molecule has 0 atom stereocenters. The molecule has 0 unspecified atom stereocenters. The van der Waals surface area contributed by atoms with Crippen LogP contribution in [-0.2, 0) is 0 Å². The number of nitrogens with two attached hydrogens (primary N) is 1. The van der Waals surface area contributed by atoms with E-state index >= 15 is 0 Å². The summed E-state index contributed by atoms with van der Waals surface area (Å²) in [5.74, 6) is 6.46. The smallest absolute Gasteiger partial charge is 0.254 e. The number of nitrogen functional groups attached to an aromatic ring is 1. The number of rotatable bonds is 5. The Labute approximate surface area is 114 Å². The number of carbonyl (C=O) groups is 1. The minimum absolute atomic E-state index is 0.0817. The van der Waals surface area contributed by atoms with Crippen molar-refractivity contribution in [3.8, 4) is 0 Å². The van der Waals surface area contributed by atoms with Crippen LogP contribution in [-0.4, -0.2) is 28.4 Å². The SMILES string of the molecule is Cc1cc(C(=O)N(CC(C)C)C2CC2)cc(NN)n1. The van der Waals surface area contributed by atoms with E-state index in [0.717, 1.165) is 25.1 Å². The van der Waals surface area contributed by atoms with E-state index in [1.54, 1.807) is 6.07 Å². The van der Waals surface area contributed by atoms with Gasteiger partial charge in [-0.2, -0.15) is 0 Å². The lowest BCUT2D eigenvalue weighted by Crippen LogP contribution is -2.36. The van der Waals surface area contributed by atoms with Crippen molar-refractivity contribution in [2.75, 3.05) is 12.0 Å². The van der Waals surface area contributed by atoms with Crippen molar-refractivity contribution >= 4 is 11.7 Å². The van der Waals surface area contributed by atoms with Gasteiger partial charge in [-0.1, -0.05) is 13.8 Å². The van der Waals surface area contributed by atoms with Crippen LogP contribution < -0.4 is 11.3 Å². The molecule has 0 radical (unpaired) electrons. The molecule has 2 rings (SSSR count). The van der Waals surface area contributed by atoms with Crippen molar-refractivity contribution in [1.82, 2.24) is 9.88 Å². The second-order valence-corrected chi connectivity index (χ2v) is 5.61. The molecule has 1 aromatic rings. The first-order valence-electron chi connectivity index (χ1n) is 6.77. The summed E-state index contributed by atoms with van der Waals surface area (Å²) in [6.45, 7) is 6.93. The number of hydrazine groups is 1. The van der Waals surface area contributed by atoms with Gasteiger partial charge in [-0.05, 0) is 37.8 Å². The minimum Gasteiger partial charge on any atom is -0.335 e. The lowest BCUT2D eigenvalue weighted by molar-refractivity contribution is 0.0722. The average Bonchev–Trinajstić information content (AvgIpc) is 3.18. The third-order valence-electron chi connectivity index (χ3n) is 3.16. The zero-order valence-corrected chi connectivity index (χ0v) is 11.8. The molecule has 5 nitrogen and oxygen atoms in total. The summed E-state index contributed by atoms with van der Waals surface area (Å²) >= 11 is 0. The van der Waals surface area contributed by atoms with Crippen LogP contribution in [0.1, 0.15) is 42.7 Å². The maximum absolute atomic E-state index is 12.6. The maximum Gasteiger partial charge on any atom is 0.254 e. The Kier molecular flexibility index (Phi) is 4.04. The Morgan fingerprint density at radius 3 is 2.74 bits per heavy atom. The Morgan fingerprint density at radius 2 is 2.21 bits per heavy atom. The molecule has 1 amide bonds. The van der Waals surface area contributed by atoms with Crippen LogP contribution >= 0.6 is 0 Å². The number of carbonyl (C=O) groups excluding carboxylic acids is 1. The van der Waals surface area contributed by atoms with Crippen LogP contribution in [0.15, 0.2) is 12.1 Å². The first-order valence-corrected chi connectivity index (χ1v) is 6.77. The number of nitrogens with one attached hydrogen (secondary N) is 1. The van der Waals surface area contributed by atoms with E-state index in [-0.39, 0.29) is 5.91 Å². The molecule has 3 N–H and O–H groups in total. The largest absolute Gasteiger partial charge is 0.335 e. The molecular formula is C14H22N4O. The zero-order chi connectivity index (χ0) is 14.0. The predicted octanol–water partition coefficient (Wildman–Crippen LogP) is 1.94. The van der Waals surface area contributed by atoms with Crippen LogP contribution in [0.4, 0.5) is 5.82 Å².